The number of benzene rings is 1. The summed E-state index contributed by atoms with van der Waals surface area (Å²) in [7, 11) is 0. The maximum atomic E-state index is 4.37. The lowest BCUT2D eigenvalue weighted by Crippen LogP contribution is -1.83. The van der Waals surface area contributed by atoms with Gasteiger partial charge in [0.1, 0.15) is 0 Å². The SMILES string of the molecule is c1ccc2nc3snnc3nc2c1. The third-order valence-electron chi connectivity index (χ3n) is 1.78. The highest BCUT2D eigenvalue weighted by Gasteiger charge is 2.02. The Morgan fingerprint density at radius 1 is 1.00 bits per heavy atom. The zero-order chi connectivity index (χ0) is 8.67. The van der Waals surface area contributed by atoms with Crippen molar-refractivity contribution < 1.29 is 0 Å². The third-order valence-corrected chi connectivity index (χ3v) is 2.39. The summed E-state index contributed by atoms with van der Waals surface area (Å²) in [5, 5.41) is 3.86. The minimum absolute atomic E-state index is 0.628. The molecule has 3 aromatic rings. The smallest absolute Gasteiger partial charge is 0.214 e. The van der Waals surface area contributed by atoms with Gasteiger partial charge in [-0.1, -0.05) is 16.6 Å². The Bertz CT molecular complexity index is 525. The molecule has 1 aromatic carbocycles. The van der Waals surface area contributed by atoms with Crippen LogP contribution in [0.15, 0.2) is 24.3 Å². The molecule has 0 unspecified atom stereocenters. The van der Waals surface area contributed by atoms with E-state index in [1.54, 1.807) is 0 Å². The normalized spacial score (nSPS) is 11.1. The molecule has 0 saturated carbocycles. The predicted molar refractivity (Wildman–Crippen MR) is 50.5 cm³/mol. The number of fused-ring (bicyclic) bond motifs is 2. The van der Waals surface area contributed by atoms with E-state index in [1.165, 1.54) is 11.5 Å². The molecule has 0 fully saturated rings. The van der Waals surface area contributed by atoms with Crippen molar-refractivity contribution in [3.63, 3.8) is 0 Å². The first-order valence-electron chi connectivity index (χ1n) is 3.78. The molecule has 2 aromatic heterocycles. The van der Waals surface area contributed by atoms with Crippen molar-refractivity contribution in [2.45, 2.75) is 0 Å². The van der Waals surface area contributed by atoms with Gasteiger partial charge in [-0.3, -0.25) is 0 Å². The minimum atomic E-state index is 0.628. The molecule has 0 amide bonds. The monoisotopic (exact) mass is 188 g/mol. The molecular weight excluding hydrogens is 184 g/mol. The van der Waals surface area contributed by atoms with Crippen molar-refractivity contribution in [2.24, 2.45) is 0 Å². The van der Waals surface area contributed by atoms with Crippen LogP contribution in [-0.4, -0.2) is 19.6 Å². The Labute approximate surface area is 77.4 Å². The summed E-state index contributed by atoms with van der Waals surface area (Å²) in [6, 6.07) is 7.72. The van der Waals surface area contributed by atoms with Crippen LogP contribution in [-0.2, 0) is 0 Å². The average Bonchev–Trinajstić information content (AvgIpc) is 2.61. The van der Waals surface area contributed by atoms with Crippen molar-refractivity contribution >= 4 is 33.0 Å². The molecule has 13 heavy (non-hydrogen) atoms. The molecule has 0 bridgehead atoms. The van der Waals surface area contributed by atoms with Crippen LogP contribution >= 0.6 is 11.5 Å². The lowest BCUT2D eigenvalue weighted by atomic mass is 10.3. The van der Waals surface area contributed by atoms with Crippen LogP contribution in [0.1, 0.15) is 0 Å². The van der Waals surface area contributed by atoms with Crippen molar-refractivity contribution in [2.75, 3.05) is 0 Å². The van der Waals surface area contributed by atoms with Gasteiger partial charge in [-0.2, -0.15) is 0 Å². The zero-order valence-corrected chi connectivity index (χ0v) is 7.32. The minimum Gasteiger partial charge on any atom is -0.230 e. The fourth-order valence-electron chi connectivity index (χ4n) is 1.20. The fourth-order valence-corrected chi connectivity index (χ4v) is 1.70. The van der Waals surface area contributed by atoms with Gasteiger partial charge < -0.3 is 0 Å². The molecule has 4 nitrogen and oxygen atoms in total. The van der Waals surface area contributed by atoms with Crippen LogP contribution in [0.3, 0.4) is 0 Å². The van der Waals surface area contributed by atoms with Gasteiger partial charge in [0.15, 0.2) is 4.83 Å². The molecule has 62 valence electrons. The van der Waals surface area contributed by atoms with Crippen molar-refractivity contribution in [1.82, 2.24) is 19.6 Å². The Balaban J connectivity index is 2.57. The molecule has 0 atom stereocenters. The van der Waals surface area contributed by atoms with Crippen LogP contribution in [0.5, 0.6) is 0 Å². The summed E-state index contributed by atoms with van der Waals surface area (Å²) >= 11 is 1.27. The highest BCUT2D eigenvalue weighted by atomic mass is 32.1. The molecular formula is C8H4N4S. The summed E-state index contributed by atoms with van der Waals surface area (Å²) in [5.41, 5.74) is 2.38. The van der Waals surface area contributed by atoms with Crippen LogP contribution in [0, 0.1) is 0 Å². The predicted octanol–water partition coefficient (Wildman–Crippen LogP) is 1.63. The maximum absolute atomic E-state index is 4.37. The second-order valence-corrected chi connectivity index (χ2v) is 3.35. The Morgan fingerprint density at radius 3 is 2.62 bits per heavy atom. The molecule has 0 saturated heterocycles. The summed E-state index contributed by atoms with van der Waals surface area (Å²) in [5.74, 6) is 0. The second-order valence-electron chi connectivity index (χ2n) is 2.61. The maximum Gasteiger partial charge on any atom is 0.214 e. The Kier molecular flexibility index (Phi) is 1.28. The van der Waals surface area contributed by atoms with Gasteiger partial charge in [0.2, 0.25) is 5.65 Å². The first kappa shape index (κ1) is 6.85. The molecule has 2 heterocycles. The van der Waals surface area contributed by atoms with E-state index in [9.17, 15) is 0 Å². The van der Waals surface area contributed by atoms with Crippen LogP contribution in [0.2, 0.25) is 0 Å². The molecule has 5 heteroatoms. The number of rotatable bonds is 0. The molecule has 0 aliphatic rings. The second kappa shape index (κ2) is 2.43. The van der Waals surface area contributed by atoms with E-state index in [2.05, 4.69) is 19.6 Å². The molecule has 0 N–H and O–H groups in total. The van der Waals surface area contributed by atoms with Gasteiger partial charge in [-0.05, 0) is 12.1 Å². The zero-order valence-electron chi connectivity index (χ0n) is 6.51. The summed E-state index contributed by atoms with van der Waals surface area (Å²) in [6.45, 7) is 0. The van der Waals surface area contributed by atoms with E-state index in [0.29, 0.717) is 5.65 Å². The van der Waals surface area contributed by atoms with Crippen molar-refractivity contribution in [3.05, 3.63) is 24.3 Å². The number of hydrogen-bond donors (Lipinski definition) is 0. The molecule has 3 rings (SSSR count). The first-order chi connectivity index (χ1) is 6.43. The third kappa shape index (κ3) is 0.972. The largest absolute Gasteiger partial charge is 0.230 e. The molecule has 0 aliphatic carbocycles. The van der Waals surface area contributed by atoms with Gasteiger partial charge in [0, 0.05) is 11.5 Å². The highest BCUT2D eigenvalue weighted by Crippen LogP contribution is 2.15. The fraction of sp³-hybridized carbons (Fsp3) is 0. The number of para-hydroxylation sites is 2. The molecule has 0 radical (unpaired) electrons. The Morgan fingerprint density at radius 2 is 1.77 bits per heavy atom. The average molecular weight is 188 g/mol. The molecule has 0 aliphatic heterocycles. The van der Waals surface area contributed by atoms with E-state index in [1.807, 2.05) is 24.3 Å². The van der Waals surface area contributed by atoms with Gasteiger partial charge in [-0.15, -0.1) is 5.10 Å². The van der Waals surface area contributed by atoms with Crippen molar-refractivity contribution in [1.29, 1.82) is 0 Å². The number of aromatic nitrogens is 4. The van der Waals surface area contributed by atoms with E-state index in [-0.39, 0.29) is 0 Å². The topological polar surface area (TPSA) is 51.6 Å². The molecule has 0 spiro atoms. The van der Waals surface area contributed by atoms with E-state index < -0.39 is 0 Å². The van der Waals surface area contributed by atoms with Gasteiger partial charge in [-0.25, -0.2) is 9.97 Å². The standard InChI is InChI=1S/C8H4N4S/c1-2-4-6-5(3-1)9-7-8(10-6)13-12-11-7/h1-4H. The van der Waals surface area contributed by atoms with E-state index in [0.717, 1.165) is 15.9 Å². The summed E-state index contributed by atoms with van der Waals surface area (Å²) in [4.78, 5) is 9.47. The quantitative estimate of drug-likeness (QED) is 0.538. The summed E-state index contributed by atoms with van der Waals surface area (Å²) in [6.07, 6.45) is 0. The van der Waals surface area contributed by atoms with E-state index >= 15 is 0 Å². The Hall–Kier alpha value is -1.62. The summed E-state index contributed by atoms with van der Waals surface area (Å²) < 4.78 is 3.79. The number of nitrogens with zero attached hydrogens (tertiary/aromatic N) is 4. The lowest BCUT2D eigenvalue weighted by Gasteiger charge is -1.92. The van der Waals surface area contributed by atoms with Crippen LogP contribution in [0.25, 0.3) is 21.5 Å². The van der Waals surface area contributed by atoms with Gasteiger partial charge >= 0.3 is 0 Å². The highest BCUT2D eigenvalue weighted by molar-refractivity contribution is 7.12. The lowest BCUT2D eigenvalue weighted by molar-refractivity contribution is 1.16. The number of hydrogen-bond acceptors (Lipinski definition) is 5. The van der Waals surface area contributed by atoms with Crippen LogP contribution < -0.4 is 0 Å². The van der Waals surface area contributed by atoms with E-state index in [4.69, 9.17) is 0 Å². The first-order valence-corrected chi connectivity index (χ1v) is 4.56. The van der Waals surface area contributed by atoms with Crippen LogP contribution in [0.4, 0.5) is 0 Å². The van der Waals surface area contributed by atoms with Gasteiger partial charge in [0.25, 0.3) is 0 Å². The van der Waals surface area contributed by atoms with Gasteiger partial charge in [0.05, 0.1) is 11.0 Å². The van der Waals surface area contributed by atoms with Crippen molar-refractivity contribution in [3.8, 4) is 0 Å².